The van der Waals surface area contributed by atoms with Crippen LogP contribution in [0.3, 0.4) is 0 Å². The summed E-state index contributed by atoms with van der Waals surface area (Å²) in [6.07, 6.45) is 0. The number of hydrogen-bond donors (Lipinski definition) is 1. The lowest BCUT2D eigenvalue weighted by Crippen LogP contribution is -2.11. The molecule has 1 aromatic rings. The van der Waals surface area contributed by atoms with Crippen molar-refractivity contribution in [3.05, 3.63) is 45.0 Å². The third-order valence-corrected chi connectivity index (χ3v) is 2.76. The molecule has 0 saturated carbocycles. The molecule has 1 N–H and O–H groups in total. The van der Waals surface area contributed by atoms with Gasteiger partial charge in [-0.25, -0.2) is 0 Å². The maximum Gasteiger partial charge on any atom is 0.262 e. The van der Waals surface area contributed by atoms with Gasteiger partial charge in [0.25, 0.3) is 5.56 Å². The van der Waals surface area contributed by atoms with Crippen molar-refractivity contribution in [1.82, 2.24) is 9.97 Å². The molecule has 0 unspecified atom stereocenters. The van der Waals surface area contributed by atoms with Gasteiger partial charge < -0.3 is 4.42 Å². The monoisotopic (exact) mass is 244 g/mol. The minimum atomic E-state index is -0.271. The number of rotatable bonds is 0. The topological polar surface area (TPSA) is 58.9 Å². The van der Waals surface area contributed by atoms with Gasteiger partial charge in [0.2, 0.25) is 10.7 Å². The summed E-state index contributed by atoms with van der Waals surface area (Å²) in [5.41, 5.74) is 1.94. The largest absolute Gasteiger partial charge is 0.437 e. The van der Waals surface area contributed by atoms with E-state index in [9.17, 15) is 4.79 Å². The van der Waals surface area contributed by atoms with Crippen LogP contribution in [0.4, 0.5) is 0 Å². The Morgan fingerprint density at radius 2 is 2.18 bits per heavy atom. The van der Waals surface area contributed by atoms with Crippen molar-refractivity contribution in [3.8, 4) is 11.5 Å². The molecule has 0 fully saturated rings. The number of aromatic nitrogens is 2. The van der Waals surface area contributed by atoms with E-state index in [0.717, 1.165) is 10.9 Å². The van der Waals surface area contributed by atoms with E-state index < -0.39 is 0 Å². The third kappa shape index (κ3) is 1.64. The average molecular weight is 244 g/mol. The zero-order valence-electron chi connectivity index (χ0n) is 8.98. The van der Waals surface area contributed by atoms with Crippen LogP contribution in [0, 0.1) is 11.7 Å². The van der Waals surface area contributed by atoms with Crippen LogP contribution in [-0.2, 0) is 0 Å². The minimum Gasteiger partial charge on any atom is -0.437 e. The highest BCUT2D eigenvalue weighted by atomic mass is 32.1. The first kappa shape index (κ1) is 10.2. The second kappa shape index (κ2) is 3.49. The zero-order valence-corrected chi connectivity index (χ0v) is 9.80. The number of benzene rings is 1. The molecule has 2 aliphatic rings. The van der Waals surface area contributed by atoms with E-state index >= 15 is 0 Å². The van der Waals surface area contributed by atoms with E-state index in [1.807, 2.05) is 25.1 Å². The van der Waals surface area contributed by atoms with Gasteiger partial charge in [0.1, 0.15) is 11.1 Å². The Balaban J connectivity index is 2.53. The Kier molecular flexibility index (Phi) is 2.09. The van der Waals surface area contributed by atoms with Crippen LogP contribution >= 0.6 is 12.2 Å². The number of hydrogen-bond acceptors (Lipinski definition) is 4. The lowest BCUT2D eigenvalue weighted by molar-refractivity contribution is 0.594. The fraction of sp³-hybridized carbons (Fsp3) is 0.0833. The summed E-state index contributed by atoms with van der Waals surface area (Å²) in [6, 6.07) is 7.52. The first-order valence-electron chi connectivity index (χ1n) is 5.08. The van der Waals surface area contributed by atoms with Crippen LogP contribution in [0.2, 0.25) is 0 Å². The number of fused-ring (bicyclic) bond motifs is 2. The minimum absolute atomic E-state index is 0.137. The first-order valence-corrected chi connectivity index (χ1v) is 5.49. The van der Waals surface area contributed by atoms with E-state index in [2.05, 4.69) is 9.97 Å². The summed E-state index contributed by atoms with van der Waals surface area (Å²) in [6.45, 7) is 1.98. The Morgan fingerprint density at radius 1 is 1.35 bits per heavy atom. The normalized spacial score (nSPS) is 11.1. The van der Waals surface area contributed by atoms with Gasteiger partial charge >= 0.3 is 0 Å². The van der Waals surface area contributed by atoms with Gasteiger partial charge in [-0.3, -0.25) is 9.78 Å². The highest BCUT2D eigenvalue weighted by molar-refractivity contribution is 7.71. The number of nitrogens with zero attached hydrogens (tertiary/aromatic N) is 1. The van der Waals surface area contributed by atoms with Gasteiger partial charge in [-0.1, -0.05) is 11.6 Å². The second-order valence-corrected chi connectivity index (χ2v) is 4.26. The lowest BCUT2D eigenvalue weighted by atomic mass is 10.1. The number of nitrogens with one attached hydrogen (secondary N) is 1. The van der Waals surface area contributed by atoms with Gasteiger partial charge in [0.15, 0.2) is 0 Å². The van der Waals surface area contributed by atoms with Crippen LogP contribution in [0.1, 0.15) is 5.56 Å². The van der Waals surface area contributed by atoms with Crippen LogP contribution < -0.4 is 5.56 Å². The molecule has 1 aromatic carbocycles. The van der Waals surface area contributed by atoms with E-state index in [1.165, 1.54) is 0 Å². The summed E-state index contributed by atoms with van der Waals surface area (Å²) in [4.78, 5) is 18.2. The van der Waals surface area contributed by atoms with E-state index in [-0.39, 0.29) is 16.2 Å². The average Bonchev–Trinajstić information content (AvgIpc) is 2.27. The number of aromatic amines is 1. The predicted octanol–water partition coefficient (Wildman–Crippen LogP) is 2.66. The molecule has 5 heteroatoms. The summed E-state index contributed by atoms with van der Waals surface area (Å²) in [5.74, 6) is 0.273. The summed E-state index contributed by atoms with van der Waals surface area (Å²) in [5, 5.41) is 0.877. The van der Waals surface area contributed by atoms with Crippen molar-refractivity contribution in [3.63, 3.8) is 0 Å². The molecule has 2 heterocycles. The maximum atomic E-state index is 11.7. The van der Waals surface area contributed by atoms with E-state index in [0.29, 0.717) is 11.1 Å². The Labute approximate surface area is 101 Å². The fourth-order valence-electron chi connectivity index (χ4n) is 1.78. The highest BCUT2D eigenvalue weighted by Gasteiger charge is 2.12. The molecular weight excluding hydrogens is 236 g/mol. The van der Waals surface area contributed by atoms with Crippen molar-refractivity contribution < 1.29 is 4.42 Å². The number of H-pyrrole nitrogens is 1. The molecule has 4 nitrogen and oxygen atoms in total. The van der Waals surface area contributed by atoms with Gasteiger partial charge in [-0.15, -0.1) is 0 Å². The molecule has 0 saturated heterocycles. The molecule has 3 rings (SSSR count). The fourth-order valence-corrected chi connectivity index (χ4v) is 1.96. The molecule has 0 spiro atoms. The van der Waals surface area contributed by atoms with Crippen LogP contribution in [0.25, 0.3) is 22.4 Å². The molecule has 0 bridgehead atoms. The van der Waals surface area contributed by atoms with E-state index in [4.69, 9.17) is 16.6 Å². The summed E-state index contributed by atoms with van der Waals surface area (Å²) < 4.78 is 5.70. The standard InChI is InChI=1S/C12H8N2O2S/c1-6-2-3-9-7(4-6)5-8-10(15)13-12(17)14-11(8)16-9/h2-5H,1H3,(H,13,15,17). The van der Waals surface area contributed by atoms with Crippen molar-refractivity contribution in [2.75, 3.05) is 0 Å². The third-order valence-electron chi connectivity index (χ3n) is 2.57. The first-order chi connectivity index (χ1) is 8.13. The quantitative estimate of drug-likeness (QED) is 0.488. The van der Waals surface area contributed by atoms with Gasteiger partial charge in [-0.2, -0.15) is 4.98 Å². The Bertz CT molecular complexity index is 804. The predicted molar refractivity (Wildman–Crippen MR) is 66.8 cm³/mol. The SMILES string of the molecule is Cc1ccc2oc3nc(=S)[nH]c(=O)c-3cc2c1. The maximum absolute atomic E-state index is 11.7. The van der Waals surface area contributed by atoms with E-state index in [1.54, 1.807) is 6.07 Å². The molecule has 0 radical (unpaired) electrons. The molecule has 84 valence electrons. The highest BCUT2D eigenvalue weighted by Crippen LogP contribution is 2.24. The van der Waals surface area contributed by atoms with Crippen molar-refractivity contribution in [2.24, 2.45) is 0 Å². The molecular formula is C12H8N2O2S. The van der Waals surface area contributed by atoms with Gasteiger partial charge in [0.05, 0.1) is 0 Å². The second-order valence-electron chi connectivity index (χ2n) is 3.88. The van der Waals surface area contributed by atoms with Crippen molar-refractivity contribution in [1.29, 1.82) is 0 Å². The van der Waals surface area contributed by atoms with Crippen molar-refractivity contribution in [2.45, 2.75) is 6.92 Å². The molecule has 0 aromatic heterocycles. The summed E-state index contributed by atoms with van der Waals surface area (Å²) >= 11 is 4.84. The Morgan fingerprint density at radius 3 is 3.00 bits per heavy atom. The zero-order chi connectivity index (χ0) is 12.0. The molecule has 2 aliphatic heterocycles. The smallest absolute Gasteiger partial charge is 0.262 e. The summed E-state index contributed by atoms with van der Waals surface area (Å²) in [7, 11) is 0. The van der Waals surface area contributed by atoms with Crippen LogP contribution in [0.5, 0.6) is 0 Å². The van der Waals surface area contributed by atoms with Gasteiger partial charge in [-0.05, 0) is 37.3 Å². The molecule has 0 aliphatic carbocycles. The van der Waals surface area contributed by atoms with Crippen molar-refractivity contribution >= 4 is 23.2 Å². The molecule has 0 amide bonds. The molecule has 0 atom stereocenters. The molecule has 17 heavy (non-hydrogen) atoms. The number of aryl methyl sites for hydroxylation is 1. The Hall–Kier alpha value is -2.01. The van der Waals surface area contributed by atoms with Crippen LogP contribution in [-0.4, -0.2) is 9.97 Å². The van der Waals surface area contributed by atoms with Gasteiger partial charge in [0, 0.05) is 5.39 Å². The van der Waals surface area contributed by atoms with Crippen LogP contribution in [0.15, 0.2) is 33.5 Å². The lowest BCUT2D eigenvalue weighted by Gasteiger charge is -2.05.